The highest BCUT2D eigenvalue weighted by molar-refractivity contribution is 7.99. The number of thioether (sulfide) groups is 1. The zero-order chi connectivity index (χ0) is 10.9. The number of carbonyl (C=O) groups excluding carboxylic acids is 1. The van der Waals surface area contributed by atoms with Crippen molar-refractivity contribution in [2.45, 2.75) is 6.42 Å². The van der Waals surface area contributed by atoms with Gasteiger partial charge in [-0.2, -0.15) is 16.9 Å². The number of rotatable bonds is 7. The molecule has 0 atom stereocenters. The maximum atomic E-state index is 11.4. The number of hydrogen-bond acceptors (Lipinski definition) is 4. The molecule has 0 aliphatic heterocycles. The molecular weight excluding hydrogens is 214 g/mol. The van der Waals surface area contributed by atoms with E-state index in [1.807, 2.05) is 0 Å². The van der Waals surface area contributed by atoms with Crippen LogP contribution in [0.3, 0.4) is 0 Å². The quantitative estimate of drug-likeness (QED) is 0.586. The molecule has 1 aromatic rings. The van der Waals surface area contributed by atoms with Crippen molar-refractivity contribution >= 4 is 17.7 Å². The normalized spacial score (nSPS) is 10.2. The Labute approximate surface area is 92.6 Å². The zero-order valence-electron chi connectivity index (χ0n) is 8.40. The average molecular weight is 229 g/mol. The van der Waals surface area contributed by atoms with Crippen LogP contribution in [0.2, 0.25) is 0 Å². The molecule has 0 fully saturated rings. The lowest BCUT2D eigenvalue weighted by atomic mass is 10.3. The molecule has 0 saturated heterocycles. The van der Waals surface area contributed by atoms with E-state index in [2.05, 4.69) is 15.5 Å². The summed E-state index contributed by atoms with van der Waals surface area (Å²) in [5.74, 6) is 1.69. The van der Waals surface area contributed by atoms with Crippen molar-refractivity contribution in [3.63, 3.8) is 0 Å². The van der Waals surface area contributed by atoms with E-state index in [1.165, 1.54) is 6.20 Å². The Hall–Kier alpha value is -1.01. The van der Waals surface area contributed by atoms with Crippen LogP contribution in [0.1, 0.15) is 16.8 Å². The van der Waals surface area contributed by atoms with Crippen LogP contribution in [0.5, 0.6) is 0 Å². The number of carbonyl (C=O) groups is 1. The van der Waals surface area contributed by atoms with Gasteiger partial charge in [-0.15, -0.1) is 0 Å². The fraction of sp³-hybridized carbons (Fsp3) is 0.556. The summed E-state index contributed by atoms with van der Waals surface area (Å²) in [6.07, 6.45) is 3.86. The number of H-pyrrole nitrogens is 1. The number of aromatic amines is 1. The lowest BCUT2D eigenvalue weighted by Crippen LogP contribution is -2.25. The second-order valence-corrected chi connectivity index (χ2v) is 4.16. The molecule has 84 valence electrons. The van der Waals surface area contributed by atoms with Gasteiger partial charge in [0.15, 0.2) is 0 Å². The SMILES string of the molecule is O=C(NCCSCCCO)c1cn[nH]c1. The molecule has 0 unspecified atom stereocenters. The monoisotopic (exact) mass is 229 g/mol. The lowest BCUT2D eigenvalue weighted by Gasteiger charge is -2.02. The van der Waals surface area contributed by atoms with Crippen molar-refractivity contribution in [3.8, 4) is 0 Å². The second-order valence-electron chi connectivity index (χ2n) is 2.93. The number of amides is 1. The van der Waals surface area contributed by atoms with Gasteiger partial charge in [-0.25, -0.2) is 0 Å². The highest BCUT2D eigenvalue weighted by Gasteiger charge is 2.04. The molecule has 0 saturated carbocycles. The molecular formula is C9H15N3O2S. The van der Waals surface area contributed by atoms with Gasteiger partial charge in [0, 0.05) is 25.1 Å². The van der Waals surface area contributed by atoms with E-state index in [-0.39, 0.29) is 12.5 Å². The minimum Gasteiger partial charge on any atom is -0.396 e. The molecule has 0 aliphatic rings. The molecule has 1 amide bonds. The van der Waals surface area contributed by atoms with Crippen LogP contribution in [-0.2, 0) is 0 Å². The molecule has 5 nitrogen and oxygen atoms in total. The Morgan fingerprint density at radius 2 is 2.47 bits per heavy atom. The van der Waals surface area contributed by atoms with Crippen LogP contribution in [0, 0.1) is 0 Å². The summed E-state index contributed by atoms with van der Waals surface area (Å²) in [4.78, 5) is 11.4. The molecule has 0 aromatic carbocycles. The van der Waals surface area contributed by atoms with Gasteiger partial charge in [0.2, 0.25) is 0 Å². The molecule has 0 radical (unpaired) electrons. The van der Waals surface area contributed by atoms with Crippen LogP contribution in [0.15, 0.2) is 12.4 Å². The molecule has 0 spiro atoms. The average Bonchev–Trinajstić information content (AvgIpc) is 2.76. The standard InChI is InChI=1S/C9H15N3O2S/c13-3-1-4-15-5-2-10-9(14)8-6-11-12-7-8/h6-7,13H,1-5H2,(H,10,14)(H,11,12). The highest BCUT2D eigenvalue weighted by atomic mass is 32.2. The number of hydrogen-bond donors (Lipinski definition) is 3. The summed E-state index contributed by atoms with van der Waals surface area (Å²) in [7, 11) is 0. The predicted octanol–water partition coefficient (Wildman–Crippen LogP) is 0.255. The van der Waals surface area contributed by atoms with Gasteiger partial charge in [-0.3, -0.25) is 9.89 Å². The van der Waals surface area contributed by atoms with Gasteiger partial charge in [0.05, 0.1) is 11.8 Å². The smallest absolute Gasteiger partial charge is 0.254 e. The van der Waals surface area contributed by atoms with Crippen molar-refractivity contribution in [1.29, 1.82) is 0 Å². The molecule has 6 heteroatoms. The molecule has 3 N–H and O–H groups in total. The second kappa shape index (κ2) is 7.30. The van der Waals surface area contributed by atoms with Gasteiger partial charge >= 0.3 is 0 Å². The van der Waals surface area contributed by atoms with Crippen molar-refractivity contribution in [3.05, 3.63) is 18.0 Å². The summed E-state index contributed by atoms with van der Waals surface area (Å²) >= 11 is 1.72. The van der Waals surface area contributed by atoms with Crippen molar-refractivity contribution in [2.75, 3.05) is 24.7 Å². The maximum Gasteiger partial charge on any atom is 0.254 e. The molecule has 1 rings (SSSR count). The number of nitrogens with zero attached hydrogens (tertiary/aromatic N) is 1. The first kappa shape index (κ1) is 12.1. The Bertz CT molecular complexity index is 277. The Kier molecular flexibility index (Phi) is 5.87. The van der Waals surface area contributed by atoms with E-state index in [1.54, 1.807) is 18.0 Å². The summed E-state index contributed by atoms with van der Waals surface area (Å²) in [5.41, 5.74) is 0.551. The van der Waals surface area contributed by atoms with Crippen molar-refractivity contribution < 1.29 is 9.90 Å². The largest absolute Gasteiger partial charge is 0.396 e. The third kappa shape index (κ3) is 4.85. The highest BCUT2D eigenvalue weighted by Crippen LogP contribution is 2.00. The Morgan fingerprint density at radius 3 is 3.13 bits per heavy atom. The van der Waals surface area contributed by atoms with Crippen molar-refractivity contribution in [2.24, 2.45) is 0 Å². The van der Waals surface area contributed by atoms with Gasteiger partial charge in [0.1, 0.15) is 0 Å². The minimum atomic E-state index is -0.105. The van der Waals surface area contributed by atoms with Crippen LogP contribution in [0.25, 0.3) is 0 Å². The van der Waals surface area contributed by atoms with Gasteiger partial charge < -0.3 is 10.4 Å². The first-order valence-corrected chi connectivity index (χ1v) is 5.95. The van der Waals surface area contributed by atoms with Crippen molar-refractivity contribution in [1.82, 2.24) is 15.5 Å². The lowest BCUT2D eigenvalue weighted by molar-refractivity contribution is 0.0956. The van der Waals surface area contributed by atoms with Crippen LogP contribution >= 0.6 is 11.8 Å². The van der Waals surface area contributed by atoms with Gasteiger partial charge in [-0.05, 0) is 12.2 Å². The van der Waals surface area contributed by atoms with E-state index in [0.717, 1.165) is 17.9 Å². The fourth-order valence-corrected chi connectivity index (χ4v) is 1.77. The predicted molar refractivity (Wildman–Crippen MR) is 59.9 cm³/mol. The van der Waals surface area contributed by atoms with E-state index in [4.69, 9.17) is 5.11 Å². The van der Waals surface area contributed by atoms with Gasteiger partial charge in [-0.1, -0.05) is 0 Å². The van der Waals surface area contributed by atoms with Gasteiger partial charge in [0.25, 0.3) is 5.91 Å². The molecule has 1 aromatic heterocycles. The van der Waals surface area contributed by atoms with E-state index < -0.39 is 0 Å². The van der Waals surface area contributed by atoms with Crippen LogP contribution in [0.4, 0.5) is 0 Å². The molecule has 0 bridgehead atoms. The Morgan fingerprint density at radius 1 is 1.60 bits per heavy atom. The van der Waals surface area contributed by atoms with E-state index in [0.29, 0.717) is 12.1 Å². The number of aromatic nitrogens is 2. The Balaban J connectivity index is 2.03. The summed E-state index contributed by atoms with van der Waals surface area (Å²) in [6, 6.07) is 0. The first-order valence-electron chi connectivity index (χ1n) is 4.80. The minimum absolute atomic E-state index is 0.105. The summed E-state index contributed by atoms with van der Waals surface area (Å²) < 4.78 is 0. The fourth-order valence-electron chi connectivity index (χ4n) is 0.983. The number of aliphatic hydroxyl groups is 1. The van der Waals surface area contributed by atoms with E-state index in [9.17, 15) is 4.79 Å². The molecule has 1 heterocycles. The summed E-state index contributed by atoms with van der Waals surface area (Å²) in [5, 5.41) is 17.6. The topological polar surface area (TPSA) is 78.0 Å². The number of aliphatic hydroxyl groups excluding tert-OH is 1. The molecule has 0 aliphatic carbocycles. The third-order valence-corrected chi connectivity index (χ3v) is 2.81. The zero-order valence-corrected chi connectivity index (χ0v) is 9.22. The van der Waals surface area contributed by atoms with Crippen LogP contribution < -0.4 is 5.32 Å². The first-order chi connectivity index (χ1) is 7.34. The molecule has 15 heavy (non-hydrogen) atoms. The maximum absolute atomic E-state index is 11.4. The summed E-state index contributed by atoms with van der Waals surface area (Å²) in [6.45, 7) is 0.870. The van der Waals surface area contributed by atoms with Crippen LogP contribution in [-0.4, -0.2) is 45.9 Å². The van der Waals surface area contributed by atoms with E-state index >= 15 is 0 Å². The number of nitrogens with one attached hydrogen (secondary N) is 2. The third-order valence-electron chi connectivity index (χ3n) is 1.74.